The molecule has 170 valence electrons. The molecule has 1 atom stereocenters. The third kappa shape index (κ3) is 6.18. The Labute approximate surface area is 185 Å². The number of carbonyl (C=O) groups is 1. The first kappa shape index (κ1) is 23.5. The van der Waals surface area contributed by atoms with Gasteiger partial charge in [-0.2, -0.15) is 0 Å². The van der Waals surface area contributed by atoms with Gasteiger partial charge in [0.2, 0.25) is 10.0 Å². The molecule has 1 aromatic carbocycles. The van der Waals surface area contributed by atoms with Crippen LogP contribution < -0.4 is 10.0 Å². The second-order valence-electron chi connectivity index (χ2n) is 9.17. The summed E-state index contributed by atoms with van der Waals surface area (Å²) >= 11 is 0. The van der Waals surface area contributed by atoms with Crippen LogP contribution in [0.1, 0.15) is 67.8 Å². The Morgan fingerprint density at radius 2 is 1.87 bits per heavy atom. The summed E-state index contributed by atoms with van der Waals surface area (Å²) in [6.45, 7) is 9.46. The zero-order chi connectivity index (χ0) is 22.6. The lowest BCUT2D eigenvalue weighted by atomic mass is 10.1. The van der Waals surface area contributed by atoms with Gasteiger partial charge in [0.25, 0.3) is 5.91 Å². The SMILES string of the molecule is Cc1ccc(S(=O)(=O)NC(C)(C)C)cc1C(=O)NCC(c1ccco1)N1CCCCC1. The average molecular weight is 448 g/mol. The fraction of sp³-hybridized carbons (Fsp3) is 0.522. The van der Waals surface area contributed by atoms with Crippen molar-refractivity contribution in [2.24, 2.45) is 0 Å². The summed E-state index contributed by atoms with van der Waals surface area (Å²) in [5, 5.41) is 3.00. The number of aryl methyl sites for hydroxylation is 1. The molecule has 8 heteroatoms. The average Bonchev–Trinajstić information content (AvgIpc) is 3.21. The monoisotopic (exact) mass is 447 g/mol. The maximum absolute atomic E-state index is 13.0. The molecule has 2 N–H and O–H groups in total. The summed E-state index contributed by atoms with van der Waals surface area (Å²) in [5.74, 6) is 0.531. The molecule has 0 saturated carbocycles. The fourth-order valence-electron chi connectivity index (χ4n) is 3.88. The lowest BCUT2D eigenvalue weighted by molar-refractivity contribution is 0.0913. The van der Waals surface area contributed by atoms with E-state index in [1.54, 1.807) is 40.0 Å². The summed E-state index contributed by atoms with van der Waals surface area (Å²) in [6.07, 6.45) is 5.13. The Balaban J connectivity index is 1.77. The molecule has 0 aliphatic carbocycles. The Morgan fingerprint density at radius 1 is 1.16 bits per heavy atom. The number of hydrogen-bond donors (Lipinski definition) is 2. The van der Waals surface area contributed by atoms with Crippen LogP contribution in [0.3, 0.4) is 0 Å². The number of nitrogens with one attached hydrogen (secondary N) is 2. The molecule has 0 bridgehead atoms. The molecular weight excluding hydrogens is 414 g/mol. The summed E-state index contributed by atoms with van der Waals surface area (Å²) in [5.41, 5.74) is 0.463. The fourth-order valence-corrected chi connectivity index (χ4v) is 5.32. The number of piperidine rings is 1. The van der Waals surface area contributed by atoms with Crippen LogP contribution in [0, 0.1) is 6.92 Å². The zero-order valence-electron chi connectivity index (χ0n) is 18.8. The zero-order valence-corrected chi connectivity index (χ0v) is 19.6. The third-order valence-electron chi connectivity index (χ3n) is 5.36. The summed E-state index contributed by atoms with van der Waals surface area (Å²) in [6, 6.07) is 8.38. The van der Waals surface area contributed by atoms with Crippen molar-refractivity contribution in [3.63, 3.8) is 0 Å². The molecule has 1 unspecified atom stereocenters. The molecule has 3 rings (SSSR count). The van der Waals surface area contributed by atoms with Crippen molar-refractivity contribution in [3.05, 3.63) is 53.5 Å². The highest BCUT2D eigenvalue weighted by molar-refractivity contribution is 7.89. The minimum atomic E-state index is -3.73. The highest BCUT2D eigenvalue weighted by atomic mass is 32.2. The number of furan rings is 1. The smallest absolute Gasteiger partial charge is 0.251 e. The lowest BCUT2D eigenvalue weighted by Gasteiger charge is -2.33. The molecule has 31 heavy (non-hydrogen) atoms. The Hall–Kier alpha value is -2.16. The molecular formula is C23H33N3O4S. The van der Waals surface area contributed by atoms with Crippen LogP contribution in [-0.4, -0.2) is 44.4 Å². The van der Waals surface area contributed by atoms with E-state index in [1.807, 2.05) is 12.1 Å². The molecule has 1 saturated heterocycles. The van der Waals surface area contributed by atoms with Gasteiger partial charge in [-0.15, -0.1) is 0 Å². The van der Waals surface area contributed by atoms with E-state index >= 15 is 0 Å². The maximum Gasteiger partial charge on any atom is 0.251 e. The van der Waals surface area contributed by atoms with Gasteiger partial charge in [0, 0.05) is 17.6 Å². The van der Waals surface area contributed by atoms with Crippen molar-refractivity contribution >= 4 is 15.9 Å². The van der Waals surface area contributed by atoms with Gasteiger partial charge in [-0.25, -0.2) is 13.1 Å². The van der Waals surface area contributed by atoms with Gasteiger partial charge in [-0.3, -0.25) is 9.69 Å². The minimum Gasteiger partial charge on any atom is -0.468 e. The van der Waals surface area contributed by atoms with Crippen molar-refractivity contribution in [1.82, 2.24) is 14.9 Å². The highest BCUT2D eigenvalue weighted by Crippen LogP contribution is 2.25. The molecule has 2 heterocycles. The van der Waals surface area contributed by atoms with E-state index in [9.17, 15) is 13.2 Å². The third-order valence-corrected chi connectivity index (χ3v) is 7.12. The van der Waals surface area contributed by atoms with Crippen LogP contribution in [0.5, 0.6) is 0 Å². The van der Waals surface area contributed by atoms with Crippen LogP contribution in [0.25, 0.3) is 0 Å². The van der Waals surface area contributed by atoms with Crippen LogP contribution in [-0.2, 0) is 10.0 Å². The molecule has 1 aliphatic rings. The van der Waals surface area contributed by atoms with Gasteiger partial charge < -0.3 is 9.73 Å². The number of likely N-dealkylation sites (tertiary alicyclic amines) is 1. The van der Waals surface area contributed by atoms with E-state index in [1.165, 1.54) is 18.6 Å². The summed E-state index contributed by atoms with van der Waals surface area (Å²) < 4.78 is 33.7. The number of nitrogens with zero attached hydrogens (tertiary/aromatic N) is 1. The van der Waals surface area contributed by atoms with Gasteiger partial charge in [-0.05, 0) is 83.5 Å². The second-order valence-corrected chi connectivity index (χ2v) is 10.9. The van der Waals surface area contributed by atoms with Crippen molar-refractivity contribution in [2.75, 3.05) is 19.6 Å². The largest absolute Gasteiger partial charge is 0.468 e. The highest BCUT2D eigenvalue weighted by Gasteiger charge is 2.26. The van der Waals surface area contributed by atoms with E-state index in [0.717, 1.165) is 37.3 Å². The molecule has 1 aliphatic heterocycles. The number of rotatable bonds is 7. The first-order valence-corrected chi connectivity index (χ1v) is 12.3. The summed E-state index contributed by atoms with van der Waals surface area (Å²) in [4.78, 5) is 15.4. The topological polar surface area (TPSA) is 91.6 Å². The predicted octanol–water partition coefficient (Wildman–Crippen LogP) is 3.62. The molecule has 1 aromatic heterocycles. The van der Waals surface area contributed by atoms with Crippen molar-refractivity contribution < 1.29 is 17.6 Å². The lowest BCUT2D eigenvalue weighted by Crippen LogP contribution is -2.41. The normalized spacial score (nSPS) is 16.8. The number of sulfonamides is 1. The van der Waals surface area contributed by atoms with E-state index in [2.05, 4.69) is 14.9 Å². The van der Waals surface area contributed by atoms with E-state index in [0.29, 0.717) is 12.1 Å². The van der Waals surface area contributed by atoms with E-state index < -0.39 is 15.6 Å². The first-order valence-electron chi connectivity index (χ1n) is 10.8. The van der Waals surface area contributed by atoms with Crippen molar-refractivity contribution in [3.8, 4) is 0 Å². The van der Waals surface area contributed by atoms with Crippen molar-refractivity contribution in [2.45, 2.75) is 63.4 Å². The van der Waals surface area contributed by atoms with Crippen LogP contribution in [0.4, 0.5) is 0 Å². The Morgan fingerprint density at radius 3 is 2.48 bits per heavy atom. The maximum atomic E-state index is 13.0. The molecule has 1 amide bonds. The standard InChI is InChI=1S/C23H33N3O4S/c1-17-10-11-18(31(28,29)25-23(2,3)4)15-19(17)22(27)24-16-20(21-9-8-14-30-21)26-12-6-5-7-13-26/h8-11,14-15,20,25H,5-7,12-13,16H2,1-4H3,(H,24,27). The van der Waals surface area contributed by atoms with E-state index in [-0.39, 0.29) is 16.8 Å². The van der Waals surface area contributed by atoms with Gasteiger partial charge in [-0.1, -0.05) is 12.5 Å². The number of carbonyl (C=O) groups excluding carboxylic acids is 1. The quantitative estimate of drug-likeness (QED) is 0.676. The second kappa shape index (κ2) is 9.54. The predicted molar refractivity (Wildman–Crippen MR) is 120 cm³/mol. The molecule has 0 spiro atoms. The van der Waals surface area contributed by atoms with Crippen LogP contribution in [0.2, 0.25) is 0 Å². The molecule has 7 nitrogen and oxygen atoms in total. The van der Waals surface area contributed by atoms with E-state index in [4.69, 9.17) is 4.42 Å². The Kier molecular flexibility index (Phi) is 7.24. The Bertz CT molecular complexity index is 988. The van der Waals surface area contributed by atoms with Crippen molar-refractivity contribution in [1.29, 1.82) is 0 Å². The van der Waals surface area contributed by atoms with Crippen LogP contribution in [0.15, 0.2) is 45.9 Å². The van der Waals surface area contributed by atoms with Gasteiger partial charge in [0.1, 0.15) is 5.76 Å². The van der Waals surface area contributed by atoms with Crippen LogP contribution >= 0.6 is 0 Å². The molecule has 2 aromatic rings. The molecule has 1 fully saturated rings. The van der Waals surface area contributed by atoms with Gasteiger partial charge >= 0.3 is 0 Å². The number of benzene rings is 1. The minimum absolute atomic E-state index is 0.0472. The molecule has 0 radical (unpaired) electrons. The summed E-state index contributed by atoms with van der Waals surface area (Å²) in [7, 11) is -3.73. The first-order chi connectivity index (χ1) is 14.6. The van der Waals surface area contributed by atoms with Gasteiger partial charge in [0.15, 0.2) is 0 Å². The number of hydrogen-bond acceptors (Lipinski definition) is 5. The van der Waals surface area contributed by atoms with Gasteiger partial charge in [0.05, 0.1) is 17.2 Å². The number of amides is 1.